The molecule has 192 valence electrons. The molecule has 0 bridgehead atoms. The van der Waals surface area contributed by atoms with E-state index in [1.807, 2.05) is 0 Å². The van der Waals surface area contributed by atoms with Gasteiger partial charge in [-0.05, 0) is 93.9 Å². The molecule has 1 fully saturated rings. The second kappa shape index (κ2) is 14.6. The number of unbranched alkanes of at least 4 members (excludes halogenated alkanes) is 1. The maximum Gasteiger partial charge on any atom is 0.346 e. The minimum absolute atomic E-state index is 0.154. The zero-order chi connectivity index (χ0) is 24.4. The summed E-state index contributed by atoms with van der Waals surface area (Å²) < 4.78 is 62.7. The number of hydrogen-bond donors (Lipinski definition) is 0. The van der Waals surface area contributed by atoms with E-state index in [1.54, 1.807) is 55.4 Å². The fraction of sp³-hybridized carbons (Fsp3) is 1.00. The minimum atomic E-state index is -3.83. The van der Waals surface area contributed by atoms with Crippen LogP contribution in [0.3, 0.4) is 0 Å². The Morgan fingerprint density at radius 1 is 0.750 bits per heavy atom. The lowest BCUT2D eigenvalue weighted by molar-refractivity contribution is -0.162. The minimum Gasteiger partial charge on any atom is -0.353 e. The van der Waals surface area contributed by atoms with Crippen molar-refractivity contribution >= 4 is 15.2 Å². The molecule has 32 heavy (non-hydrogen) atoms. The second-order valence-electron chi connectivity index (χ2n) is 9.34. The molecule has 0 radical (unpaired) electrons. The van der Waals surface area contributed by atoms with Gasteiger partial charge < -0.3 is 27.6 Å². The van der Waals surface area contributed by atoms with Gasteiger partial charge in [-0.25, -0.2) is 0 Å². The standard InChI is InChI=1S/C22H46O8P2/c1-17(2)27-31(23,28-18(3)4)22(32(24,29-19(5)6)30-20(7)8)14-10-12-16-26-21-13-9-11-15-25-21/h17-22H,9-16H2,1-8H3. The Hall–Kier alpha value is 0.220. The van der Waals surface area contributed by atoms with Crippen LogP contribution < -0.4 is 0 Å². The van der Waals surface area contributed by atoms with E-state index >= 15 is 0 Å². The van der Waals surface area contributed by atoms with Gasteiger partial charge in [0, 0.05) is 13.2 Å². The van der Waals surface area contributed by atoms with Crippen molar-refractivity contribution in [3.05, 3.63) is 0 Å². The van der Waals surface area contributed by atoms with Crippen molar-refractivity contribution in [2.24, 2.45) is 0 Å². The number of hydrogen-bond acceptors (Lipinski definition) is 8. The summed E-state index contributed by atoms with van der Waals surface area (Å²) in [6.07, 6.45) is 3.05. The van der Waals surface area contributed by atoms with Gasteiger partial charge in [0.05, 0.1) is 24.4 Å². The smallest absolute Gasteiger partial charge is 0.346 e. The van der Waals surface area contributed by atoms with Gasteiger partial charge in [-0.1, -0.05) is 0 Å². The third-order valence-corrected chi connectivity index (χ3v) is 11.0. The maximum absolute atomic E-state index is 14.0. The Morgan fingerprint density at radius 3 is 1.59 bits per heavy atom. The van der Waals surface area contributed by atoms with E-state index in [0.29, 0.717) is 25.9 Å². The quantitative estimate of drug-likeness (QED) is 0.164. The Kier molecular flexibility index (Phi) is 13.8. The highest BCUT2D eigenvalue weighted by Crippen LogP contribution is 2.73. The molecule has 0 aromatic heterocycles. The van der Waals surface area contributed by atoms with Crippen molar-refractivity contribution in [1.29, 1.82) is 0 Å². The van der Waals surface area contributed by atoms with Crippen LogP contribution >= 0.6 is 15.2 Å². The molecule has 1 heterocycles. The van der Waals surface area contributed by atoms with Crippen molar-refractivity contribution in [2.45, 2.75) is 130 Å². The van der Waals surface area contributed by atoms with Crippen LogP contribution in [0.25, 0.3) is 0 Å². The third-order valence-electron chi connectivity index (χ3n) is 4.46. The molecule has 0 aliphatic carbocycles. The van der Waals surface area contributed by atoms with Crippen LogP contribution in [0.2, 0.25) is 0 Å². The molecule has 1 unspecified atom stereocenters. The lowest BCUT2D eigenvalue weighted by Gasteiger charge is -2.35. The summed E-state index contributed by atoms with van der Waals surface area (Å²) in [5, 5.41) is -1.02. The summed E-state index contributed by atoms with van der Waals surface area (Å²) in [6.45, 7) is 15.5. The summed E-state index contributed by atoms with van der Waals surface area (Å²) in [7, 11) is -7.66. The monoisotopic (exact) mass is 500 g/mol. The van der Waals surface area contributed by atoms with Crippen LogP contribution in [0.4, 0.5) is 0 Å². The summed E-state index contributed by atoms with van der Waals surface area (Å²) in [5.41, 5.74) is 0. The van der Waals surface area contributed by atoms with Crippen LogP contribution in [0.1, 0.15) is 93.9 Å². The van der Waals surface area contributed by atoms with E-state index in [9.17, 15) is 9.13 Å². The first-order valence-corrected chi connectivity index (χ1v) is 15.3. The maximum atomic E-state index is 14.0. The molecule has 1 saturated heterocycles. The molecule has 1 aliphatic rings. The van der Waals surface area contributed by atoms with Crippen molar-refractivity contribution in [1.82, 2.24) is 0 Å². The molecular formula is C22H46O8P2. The summed E-state index contributed by atoms with van der Waals surface area (Å²) in [4.78, 5) is 0. The van der Waals surface area contributed by atoms with Gasteiger partial charge in [0.2, 0.25) is 0 Å². The van der Waals surface area contributed by atoms with Crippen LogP contribution in [-0.4, -0.2) is 49.3 Å². The van der Waals surface area contributed by atoms with E-state index < -0.39 is 20.6 Å². The number of rotatable bonds is 16. The second-order valence-corrected chi connectivity index (χ2v) is 14.0. The Bertz CT molecular complexity index is 537. The van der Waals surface area contributed by atoms with Gasteiger partial charge in [-0.15, -0.1) is 0 Å². The van der Waals surface area contributed by atoms with E-state index in [-0.39, 0.29) is 30.7 Å². The highest BCUT2D eigenvalue weighted by Gasteiger charge is 2.52. The molecule has 0 N–H and O–H groups in total. The van der Waals surface area contributed by atoms with Gasteiger partial charge in [-0.2, -0.15) is 0 Å². The van der Waals surface area contributed by atoms with Gasteiger partial charge in [0.15, 0.2) is 11.7 Å². The van der Waals surface area contributed by atoms with Crippen molar-refractivity contribution in [3.63, 3.8) is 0 Å². The zero-order valence-electron chi connectivity index (χ0n) is 21.3. The number of ether oxygens (including phenoxy) is 2. The summed E-state index contributed by atoms with van der Waals surface area (Å²) in [6, 6.07) is 0. The molecule has 0 amide bonds. The van der Waals surface area contributed by atoms with Crippen molar-refractivity contribution < 1.29 is 36.7 Å². The van der Waals surface area contributed by atoms with Crippen LogP contribution in [-0.2, 0) is 36.7 Å². The van der Waals surface area contributed by atoms with Gasteiger partial charge in [0.25, 0.3) is 0 Å². The molecule has 0 aromatic carbocycles. The molecular weight excluding hydrogens is 454 g/mol. The third kappa shape index (κ3) is 11.1. The van der Waals surface area contributed by atoms with E-state index in [4.69, 9.17) is 27.6 Å². The lowest BCUT2D eigenvalue weighted by atomic mass is 10.2. The Balaban J connectivity index is 3.03. The normalized spacial score (nSPS) is 18.6. The molecule has 1 aliphatic heterocycles. The molecule has 1 atom stereocenters. The first kappa shape index (κ1) is 30.3. The fourth-order valence-corrected chi connectivity index (χ4v) is 9.53. The van der Waals surface area contributed by atoms with Gasteiger partial charge in [-0.3, -0.25) is 9.13 Å². The highest BCUT2D eigenvalue weighted by molar-refractivity contribution is 7.72. The molecule has 0 aromatic rings. The molecule has 8 nitrogen and oxygen atoms in total. The van der Waals surface area contributed by atoms with Crippen molar-refractivity contribution in [3.8, 4) is 0 Å². The lowest BCUT2D eigenvalue weighted by Crippen LogP contribution is -2.24. The predicted octanol–water partition coefficient (Wildman–Crippen LogP) is 7.11. The van der Waals surface area contributed by atoms with Crippen LogP contribution in [0.5, 0.6) is 0 Å². The first-order chi connectivity index (χ1) is 14.9. The highest BCUT2D eigenvalue weighted by atomic mass is 31.2. The van der Waals surface area contributed by atoms with Crippen molar-refractivity contribution in [2.75, 3.05) is 13.2 Å². The molecule has 10 heteroatoms. The first-order valence-electron chi connectivity index (χ1n) is 12.0. The SMILES string of the molecule is CC(C)OP(=O)(OC(C)C)C(CCCCOC1CCCCO1)P(=O)(OC(C)C)OC(C)C. The Labute approximate surface area is 195 Å². The zero-order valence-corrected chi connectivity index (χ0v) is 23.1. The molecule has 1 rings (SSSR count). The predicted molar refractivity (Wildman–Crippen MR) is 127 cm³/mol. The van der Waals surface area contributed by atoms with Crippen LogP contribution in [0, 0.1) is 0 Å². The van der Waals surface area contributed by atoms with E-state index in [0.717, 1.165) is 25.9 Å². The molecule has 0 saturated carbocycles. The fourth-order valence-electron chi connectivity index (χ4n) is 3.48. The average Bonchev–Trinajstić information content (AvgIpc) is 2.62. The Morgan fingerprint density at radius 2 is 1.22 bits per heavy atom. The molecule has 0 spiro atoms. The van der Waals surface area contributed by atoms with Gasteiger partial charge in [0.1, 0.15) is 0 Å². The van der Waals surface area contributed by atoms with Crippen LogP contribution in [0.15, 0.2) is 0 Å². The topological polar surface area (TPSA) is 89.5 Å². The van der Waals surface area contributed by atoms with Gasteiger partial charge >= 0.3 is 15.2 Å². The van der Waals surface area contributed by atoms with E-state index in [2.05, 4.69) is 0 Å². The van der Waals surface area contributed by atoms with E-state index in [1.165, 1.54) is 0 Å². The largest absolute Gasteiger partial charge is 0.353 e. The average molecular weight is 501 g/mol. The summed E-state index contributed by atoms with van der Waals surface area (Å²) >= 11 is 0. The summed E-state index contributed by atoms with van der Waals surface area (Å²) in [5.74, 6) is 0.